The molecule has 0 aliphatic rings. The Kier molecular flexibility index (Phi) is 9.07. The van der Waals surface area contributed by atoms with Crippen molar-refractivity contribution in [2.45, 2.75) is 60.6 Å². The summed E-state index contributed by atoms with van der Waals surface area (Å²) >= 11 is 8.47. The zero-order valence-corrected chi connectivity index (χ0v) is 24.6. The molecule has 204 valence electrons. The van der Waals surface area contributed by atoms with Crippen molar-refractivity contribution >= 4 is 62.1 Å². The van der Waals surface area contributed by atoms with Gasteiger partial charge in [-0.1, -0.05) is 35.5 Å². The second kappa shape index (κ2) is 11.6. The highest BCUT2D eigenvalue weighted by Gasteiger charge is 2.35. The molecular formula is C24H27ClN4O6S3. The van der Waals surface area contributed by atoms with Crippen molar-refractivity contribution in [1.82, 2.24) is 9.97 Å². The van der Waals surface area contributed by atoms with E-state index in [2.05, 4.69) is 9.97 Å². The molecule has 0 bridgehead atoms. The first-order valence-electron chi connectivity index (χ1n) is 11.3. The lowest BCUT2D eigenvalue weighted by molar-refractivity contribution is -0.387. The molecule has 3 rings (SSSR count). The number of nitro benzene ring substituents is 1. The standard InChI is InChI=1S/C24H27ClN4O6S3/c1-23(2,3)35-21(30)24(4,5)37-22-27-16(15-36-22)12-13-28(17-10-11-20(25)26-14-17)38(33,34)19-9-7-6-8-18(19)29(31)32/h6-11,14-15H,12-13H2,1-5H3. The molecule has 14 heteroatoms. The van der Waals surface area contributed by atoms with Crippen LogP contribution in [0, 0.1) is 10.1 Å². The number of nitro groups is 1. The molecule has 1 aromatic carbocycles. The Hall–Kier alpha value is -2.74. The van der Waals surface area contributed by atoms with E-state index in [0.717, 1.165) is 10.4 Å². The molecule has 3 aromatic rings. The molecule has 0 saturated heterocycles. The van der Waals surface area contributed by atoms with Gasteiger partial charge >= 0.3 is 5.97 Å². The number of thiazole rings is 1. The van der Waals surface area contributed by atoms with Gasteiger partial charge in [0.05, 0.1) is 22.5 Å². The number of sulfonamides is 1. The number of hydrogen-bond donors (Lipinski definition) is 0. The van der Waals surface area contributed by atoms with Crippen LogP contribution in [0.1, 0.15) is 40.3 Å². The van der Waals surface area contributed by atoms with E-state index in [-0.39, 0.29) is 29.8 Å². The van der Waals surface area contributed by atoms with E-state index in [1.54, 1.807) is 40.0 Å². The van der Waals surface area contributed by atoms with Crippen molar-refractivity contribution in [3.8, 4) is 0 Å². The first-order valence-corrected chi connectivity index (χ1v) is 14.9. The topological polar surface area (TPSA) is 133 Å². The van der Waals surface area contributed by atoms with Gasteiger partial charge in [-0.05, 0) is 52.8 Å². The number of aromatic nitrogens is 2. The quantitative estimate of drug-likeness (QED) is 0.0940. The Morgan fingerprint density at radius 3 is 2.47 bits per heavy atom. The minimum Gasteiger partial charge on any atom is -0.459 e. The van der Waals surface area contributed by atoms with Gasteiger partial charge < -0.3 is 4.74 Å². The number of carbonyl (C=O) groups is 1. The van der Waals surface area contributed by atoms with Crippen molar-refractivity contribution in [2.24, 2.45) is 0 Å². The third kappa shape index (κ3) is 7.43. The van der Waals surface area contributed by atoms with E-state index in [9.17, 15) is 23.3 Å². The number of carbonyl (C=O) groups excluding carboxylic acids is 1. The molecule has 0 radical (unpaired) electrons. The average Bonchev–Trinajstić information content (AvgIpc) is 3.25. The third-order valence-corrected chi connectivity index (χ3v) is 9.23. The smallest absolute Gasteiger partial charge is 0.322 e. The summed E-state index contributed by atoms with van der Waals surface area (Å²) in [7, 11) is -4.35. The molecule has 38 heavy (non-hydrogen) atoms. The van der Waals surface area contributed by atoms with E-state index in [4.69, 9.17) is 16.3 Å². The molecule has 2 aromatic heterocycles. The number of esters is 1. The molecular weight excluding hydrogens is 572 g/mol. The van der Waals surface area contributed by atoms with Crippen molar-refractivity contribution in [3.05, 3.63) is 68.9 Å². The zero-order chi connectivity index (χ0) is 28.3. The molecule has 0 aliphatic heterocycles. The van der Waals surface area contributed by atoms with Crippen LogP contribution < -0.4 is 4.31 Å². The fourth-order valence-corrected chi connectivity index (χ4v) is 7.16. The first-order chi connectivity index (χ1) is 17.6. The van der Waals surface area contributed by atoms with E-state index in [1.807, 2.05) is 0 Å². The number of halogens is 1. The van der Waals surface area contributed by atoms with Crippen molar-refractivity contribution in [3.63, 3.8) is 0 Å². The van der Waals surface area contributed by atoms with Crippen LogP contribution in [0.4, 0.5) is 11.4 Å². The average molecular weight is 599 g/mol. The van der Waals surface area contributed by atoms with E-state index in [0.29, 0.717) is 10.0 Å². The molecule has 0 aliphatic carbocycles. The largest absolute Gasteiger partial charge is 0.459 e. The molecule has 0 amide bonds. The molecule has 0 fully saturated rings. The number of pyridine rings is 1. The van der Waals surface area contributed by atoms with Crippen LogP contribution in [0.3, 0.4) is 0 Å². The summed E-state index contributed by atoms with van der Waals surface area (Å²) in [6.07, 6.45) is 1.49. The number of ether oxygens (including phenoxy) is 1. The lowest BCUT2D eigenvalue weighted by atomic mass is 10.1. The Morgan fingerprint density at radius 1 is 1.18 bits per heavy atom. The summed E-state index contributed by atoms with van der Waals surface area (Å²) in [4.78, 5) is 31.5. The van der Waals surface area contributed by atoms with Crippen LogP contribution >= 0.6 is 34.7 Å². The highest BCUT2D eigenvalue weighted by Crippen LogP contribution is 2.37. The number of nitrogens with zero attached hydrogens (tertiary/aromatic N) is 4. The Labute approximate surface area is 234 Å². The summed E-state index contributed by atoms with van der Waals surface area (Å²) in [6, 6.07) is 8.08. The summed E-state index contributed by atoms with van der Waals surface area (Å²) in [6.45, 7) is 8.83. The van der Waals surface area contributed by atoms with Gasteiger partial charge in [-0.15, -0.1) is 11.3 Å². The van der Waals surface area contributed by atoms with Gasteiger partial charge in [-0.2, -0.15) is 0 Å². The highest BCUT2D eigenvalue weighted by atomic mass is 35.5. The normalized spacial score (nSPS) is 12.3. The van der Waals surface area contributed by atoms with Gasteiger partial charge in [-0.25, -0.2) is 18.4 Å². The monoisotopic (exact) mass is 598 g/mol. The van der Waals surface area contributed by atoms with Crippen molar-refractivity contribution in [2.75, 3.05) is 10.8 Å². The number of para-hydroxylation sites is 1. The number of hydrogen-bond acceptors (Lipinski definition) is 10. The van der Waals surface area contributed by atoms with Crippen LogP contribution in [-0.4, -0.2) is 46.2 Å². The third-order valence-electron chi connectivity index (χ3n) is 4.96. The van der Waals surface area contributed by atoms with Crippen molar-refractivity contribution < 1.29 is 22.9 Å². The molecule has 0 N–H and O–H groups in total. The minimum atomic E-state index is -4.35. The molecule has 0 spiro atoms. The van der Waals surface area contributed by atoms with E-state index >= 15 is 0 Å². The number of benzene rings is 1. The molecule has 0 unspecified atom stereocenters. The Balaban J connectivity index is 1.86. The van der Waals surface area contributed by atoms with Crippen molar-refractivity contribution in [1.29, 1.82) is 0 Å². The van der Waals surface area contributed by atoms with E-state index < -0.39 is 35.9 Å². The summed E-state index contributed by atoms with van der Waals surface area (Å²) < 4.78 is 33.6. The number of anilines is 1. The zero-order valence-electron chi connectivity index (χ0n) is 21.4. The van der Waals surface area contributed by atoms with Crippen LogP contribution in [0.5, 0.6) is 0 Å². The summed E-state index contributed by atoms with van der Waals surface area (Å²) in [5, 5.41) is 13.5. The van der Waals surface area contributed by atoms with Gasteiger partial charge in [0.15, 0.2) is 9.24 Å². The fraction of sp³-hybridized carbons (Fsp3) is 0.375. The predicted molar refractivity (Wildman–Crippen MR) is 148 cm³/mol. The fourth-order valence-electron chi connectivity index (χ4n) is 3.18. The maximum absolute atomic E-state index is 13.6. The summed E-state index contributed by atoms with van der Waals surface area (Å²) in [5.41, 5.74) is -0.357. The highest BCUT2D eigenvalue weighted by molar-refractivity contribution is 8.03. The van der Waals surface area contributed by atoms with Gasteiger partial charge in [0.25, 0.3) is 15.7 Å². The predicted octanol–water partition coefficient (Wildman–Crippen LogP) is 5.75. The maximum atomic E-state index is 13.6. The summed E-state index contributed by atoms with van der Waals surface area (Å²) in [5.74, 6) is -0.372. The Morgan fingerprint density at radius 2 is 1.87 bits per heavy atom. The molecule has 0 saturated carbocycles. The van der Waals surface area contributed by atoms with Crippen LogP contribution in [0.15, 0.2) is 57.2 Å². The van der Waals surface area contributed by atoms with Crippen LogP contribution in [-0.2, 0) is 26.0 Å². The second-order valence-corrected chi connectivity index (χ2v) is 14.6. The van der Waals surface area contributed by atoms with Crippen LogP contribution in [0.2, 0.25) is 5.15 Å². The maximum Gasteiger partial charge on any atom is 0.322 e. The lowest BCUT2D eigenvalue weighted by Gasteiger charge is -2.27. The van der Waals surface area contributed by atoms with Gasteiger partial charge in [0.1, 0.15) is 15.5 Å². The molecule has 10 nitrogen and oxygen atoms in total. The second-order valence-electron chi connectivity index (χ2n) is 9.61. The van der Waals surface area contributed by atoms with Crippen LogP contribution in [0.25, 0.3) is 0 Å². The SMILES string of the molecule is CC(C)(C)OC(=O)C(C)(C)Sc1nc(CCN(c2ccc(Cl)nc2)S(=O)(=O)c2ccccc2[N+](=O)[O-])cs1. The lowest BCUT2D eigenvalue weighted by Crippen LogP contribution is -2.36. The number of rotatable bonds is 10. The Bertz CT molecular complexity index is 1420. The molecule has 0 atom stereocenters. The first kappa shape index (κ1) is 29.8. The van der Waals surface area contributed by atoms with Gasteiger partial charge in [0.2, 0.25) is 0 Å². The molecule has 2 heterocycles. The number of thioether (sulfide) groups is 1. The van der Waals surface area contributed by atoms with Gasteiger partial charge in [-0.3, -0.25) is 19.2 Å². The van der Waals surface area contributed by atoms with E-state index in [1.165, 1.54) is 59.6 Å². The van der Waals surface area contributed by atoms with Gasteiger partial charge in [0, 0.05) is 24.4 Å². The minimum absolute atomic E-state index is 0.0685.